The normalized spacial score (nSPS) is 16.8. The van der Waals surface area contributed by atoms with Gasteiger partial charge in [-0.25, -0.2) is 0 Å². The van der Waals surface area contributed by atoms with Gasteiger partial charge >= 0.3 is 0 Å². The van der Waals surface area contributed by atoms with Crippen LogP contribution in [0.3, 0.4) is 0 Å². The van der Waals surface area contributed by atoms with Crippen molar-refractivity contribution >= 4 is 0 Å². The second-order valence-corrected chi connectivity index (χ2v) is 2.47. The van der Waals surface area contributed by atoms with Crippen LogP contribution in [0.5, 0.6) is 0 Å². The van der Waals surface area contributed by atoms with E-state index in [2.05, 4.69) is 0 Å². The molecule has 2 atom stereocenters. The smallest absolute Gasteiger partial charge is 0.146 e. The molecule has 0 heterocycles. The van der Waals surface area contributed by atoms with E-state index in [0.717, 1.165) is 0 Å². The first kappa shape index (κ1) is 9.88. The summed E-state index contributed by atoms with van der Waals surface area (Å²) in [5, 5.41) is 8.90. The maximum absolute atomic E-state index is 8.90. The van der Waals surface area contributed by atoms with Crippen LogP contribution in [-0.2, 0) is 9.47 Å². The van der Waals surface area contributed by atoms with Crippen LogP contribution < -0.4 is 0 Å². The van der Waals surface area contributed by atoms with E-state index >= 15 is 0 Å². The number of hydrogen-bond acceptors (Lipinski definition) is 3. The fraction of sp³-hybridized carbons (Fsp3) is 1.00. The highest BCUT2D eigenvalue weighted by Gasteiger charge is 2.04. The largest absolute Gasteiger partial charge is 0.393 e. The van der Waals surface area contributed by atoms with Crippen molar-refractivity contribution in [3.8, 4) is 0 Å². The molecule has 0 spiro atoms. The third kappa shape index (κ3) is 6.01. The molecule has 0 aliphatic heterocycles. The van der Waals surface area contributed by atoms with Crippen LogP contribution in [0, 0.1) is 0 Å². The standard InChI is InChI=1S/C7H16O3/c1-6(8)4-7(2)10-5-9-3/h6-8H,4-5H2,1-3H3. The van der Waals surface area contributed by atoms with Gasteiger partial charge in [-0.05, 0) is 20.3 Å². The molecule has 3 heteroatoms. The average molecular weight is 148 g/mol. The lowest BCUT2D eigenvalue weighted by Crippen LogP contribution is -2.16. The van der Waals surface area contributed by atoms with E-state index in [1.54, 1.807) is 14.0 Å². The van der Waals surface area contributed by atoms with E-state index in [0.29, 0.717) is 13.2 Å². The lowest BCUT2D eigenvalue weighted by Gasteiger charge is -2.13. The molecule has 2 unspecified atom stereocenters. The number of aliphatic hydroxyl groups excluding tert-OH is 1. The van der Waals surface area contributed by atoms with Crippen molar-refractivity contribution < 1.29 is 14.6 Å². The summed E-state index contributed by atoms with van der Waals surface area (Å²) in [6.45, 7) is 3.95. The molecular weight excluding hydrogens is 132 g/mol. The minimum absolute atomic E-state index is 0.0694. The summed E-state index contributed by atoms with van der Waals surface area (Å²) in [4.78, 5) is 0. The summed E-state index contributed by atoms with van der Waals surface area (Å²) in [6, 6.07) is 0. The van der Waals surface area contributed by atoms with Gasteiger partial charge in [0.15, 0.2) is 0 Å². The fourth-order valence-corrected chi connectivity index (χ4v) is 0.733. The van der Waals surface area contributed by atoms with E-state index in [-0.39, 0.29) is 12.2 Å². The zero-order valence-corrected chi connectivity index (χ0v) is 6.83. The Bertz CT molecular complexity index is 73.3. The molecule has 0 amide bonds. The highest BCUT2D eigenvalue weighted by atomic mass is 16.7. The average Bonchev–Trinajstić information content (AvgIpc) is 1.82. The molecule has 0 aliphatic rings. The first-order chi connectivity index (χ1) is 4.66. The Labute approximate surface area is 62.0 Å². The molecule has 0 rings (SSSR count). The second-order valence-electron chi connectivity index (χ2n) is 2.47. The van der Waals surface area contributed by atoms with Crippen LogP contribution >= 0.6 is 0 Å². The summed E-state index contributed by atoms with van der Waals surface area (Å²) in [5.74, 6) is 0. The molecule has 3 nitrogen and oxygen atoms in total. The first-order valence-electron chi connectivity index (χ1n) is 3.45. The van der Waals surface area contributed by atoms with Gasteiger partial charge in [0.25, 0.3) is 0 Å². The van der Waals surface area contributed by atoms with E-state index < -0.39 is 0 Å². The maximum atomic E-state index is 8.90. The molecule has 0 radical (unpaired) electrons. The maximum Gasteiger partial charge on any atom is 0.146 e. The minimum atomic E-state index is -0.299. The lowest BCUT2D eigenvalue weighted by atomic mass is 10.2. The predicted octanol–water partition coefficient (Wildman–Crippen LogP) is 0.766. The van der Waals surface area contributed by atoms with Crippen LogP contribution in [0.4, 0.5) is 0 Å². The van der Waals surface area contributed by atoms with E-state index in [1.807, 2.05) is 6.92 Å². The Morgan fingerprint density at radius 2 is 2.00 bits per heavy atom. The quantitative estimate of drug-likeness (QED) is 0.585. The van der Waals surface area contributed by atoms with Gasteiger partial charge in [-0.2, -0.15) is 0 Å². The van der Waals surface area contributed by atoms with Crippen molar-refractivity contribution in [1.82, 2.24) is 0 Å². The van der Waals surface area contributed by atoms with Crippen molar-refractivity contribution in [3.05, 3.63) is 0 Å². The van der Waals surface area contributed by atoms with Crippen molar-refractivity contribution in [3.63, 3.8) is 0 Å². The van der Waals surface area contributed by atoms with Crippen molar-refractivity contribution in [2.75, 3.05) is 13.9 Å². The van der Waals surface area contributed by atoms with Gasteiger partial charge in [0.1, 0.15) is 6.79 Å². The second kappa shape index (κ2) is 5.65. The topological polar surface area (TPSA) is 38.7 Å². The van der Waals surface area contributed by atoms with Crippen LogP contribution in [0.1, 0.15) is 20.3 Å². The summed E-state index contributed by atoms with van der Waals surface area (Å²) < 4.78 is 9.81. The van der Waals surface area contributed by atoms with Gasteiger partial charge < -0.3 is 14.6 Å². The number of aliphatic hydroxyl groups is 1. The Kier molecular flexibility index (Phi) is 5.58. The van der Waals surface area contributed by atoms with Gasteiger partial charge in [-0.1, -0.05) is 0 Å². The Hall–Kier alpha value is -0.120. The van der Waals surface area contributed by atoms with Gasteiger partial charge in [0.05, 0.1) is 12.2 Å². The van der Waals surface area contributed by atoms with Crippen molar-refractivity contribution in [2.45, 2.75) is 32.5 Å². The van der Waals surface area contributed by atoms with E-state index in [1.165, 1.54) is 0 Å². The van der Waals surface area contributed by atoms with E-state index in [4.69, 9.17) is 14.6 Å². The molecule has 1 N–H and O–H groups in total. The fourth-order valence-electron chi connectivity index (χ4n) is 0.733. The minimum Gasteiger partial charge on any atom is -0.393 e. The summed E-state index contributed by atoms with van der Waals surface area (Å²) in [6.07, 6.45) is 0.426. The van der Waals surface area contributed by atoms with Crippen LogP contribution in [0.15, 0.2) is 0 Å². The number of hydrogen-bond donors (Lipinski definition) is 1. The number of rotatable bonds is 5. The zero-order valence-electron chi connectivity index (χ0n) is 6.83. The molecule has 0 aromatic heterocycles. The molecule has 62 valence electrons. The highest BCUT2D eigenvalue weighted by molar-refractivity contribution is 4.53. The zero-order chi connectivity index (χ0) is 7.98. The monoisotopic (exact) mass is 148 g/mol. The van der Waals surface area contributed by atoms with Crippen molar-refractivity contribution in [1.29, 1.82) is 0 Å². The van der Waals surface area contributed by atoms with Gasteiger partial charge in [-0.15, -0.1) is 0 Å². The molecule has 0 aromatic rings. The van der Waals surface area contributed by atoms with Gasteiger partial charge in [0.2, 0.25) is 0 Å². The SMILES string of the molecule is COCOC(C)CC(C)O. The molecular formula is C7H16O3. The molecule has 0 saturated carbocycles. The van der Waals surface area contributed by atoms with Crippen molar-refractivity contribution in [2.24, 2.45) is 0 Å². The molecule has 0 aromatic carbocycles. The highest BCUT2D eigenvalue weighted by Crippen LogP contribution is 2.00. The van der Waals surface area contributed by atoms with Crippen LogP contribution in [0.2, 0.25) is 0 Å². The Balaban J connectivity index is 3.16. The van der Waals surface area contributed by atoms with Crippen LogP contribution in [-0.4, -0.2) is 31.2 Å². The van der Waals surface area contributed by atoms with Gasteiger partial charge in [-0.3, -0.25) is 0 Å². The molecule has 0 aliphatic carbocycles. The molecule has 10 heavy (non-hydrogen) atoms. The summed E-state index contributed by atoms with van der Waals surface area (Å²) >= 11 is 0. The molecule has 0 bridgehead atoms. The molecule has 0 fully saturated rings. The Morgan fingerprint density at radius 1 is 1.40 bits per heavy atom. The number of methoxy groups -OCH3 is 1. The Morgan fingerprint density at radius 3 is 2.40 bits per heavy atom. The molecule has 0 saturated heterocycles. The summed E-state index contributed by atoms with van der Waals surface area (Å²) in [5.41, 5.74) is 0. The van der Waals surface area contributed by atoms with Crippen LogP contribution in [0.25, 0.3) is 0 Å². The lowest BCUT2D eigenvalue weighted by molar-refractivity contribution is -0.0761. The first-order valence-corrected chi connectivity index (χ1v) is 3.45. The third-order valence-electron chi connectivity index (χ3n) is 1.14. The summed E-state index contributed by atoms with van der Waals surface area (Å²) in [7, 11) is 1.58. The third-order valence-corrected chi connectivity index (χ3v) is 1.14. The van der Waals surface area contributed by atoms with E-state index in [9.17, 15) is 0 Å². The predicted molar refractivity (Wildman–Crippen MR) is 38.7 cm³/mol. The number of ether oxygens (including phenoxy) is 2. The van der Waals surface area contributed by atoms with Gasteiger partial charge in [0, 0.05) is 7.11 Å².